The number of nitrogens with two attached hydrogens (primary N) is 1. The predicted molar refractivity (Wildman–Crippen MR) is 51.3 cm³/mol. The minimum Gasteiger partial charge on any atom is -0.326 e. The molecule has 0 fully saturated rings. The van der Waals surface area contributed by atoms with Crippen LogP contribution in [0, 0.1) is 10.1 Å². The van der Waals surface area contributed by atoms with E-state index >= 15 is 0 Å². The van der Waals surface area contributed by atoms with Crippen LogP contribution in [0.4, 0.5) is 5.69 Å². The molecule has 0 radical (unpaired) electrons. The summed E-state index contributed by atoms with van der Waals surface area (Å²) < 4.78 is 0. The molecular weight excluding hydrogens is 224 g/mol. The van der Waals surface area contributed by atoms with Crippen LogP contribution in [-0.2, 0) is 6.54 Å². The molecule has 0 aliphatic carbocycles. The molecule has 5 heteroatoms. The molecule has 0 saturated heterocycles. The number of halogens is 1. The largest absolute Gasteiger partial charge is 0.326 e. The van der Waals surface area contributed by atoms with Gasteiger partial charge in [0.25, 0.3) is 5.69 Å². The maximum absolute atomic E-state index is 10.3. The molecule has 0 unspecified atom stereocenters. The highest BCUT2D eigenvalue weighted by Gasteiger charge is 2.09. The minimum atomic E-state index is -0.428. The first-order chi connectivity index (χ1) is 5.25. The van der Waals surface area contributed by atoms with Crippen molar-refractivity contribution in [3.05, 3.63) is 39.9 Å². The number of rotatable bonds is 2. The molecule has 1 rings (SSSR count). The molecule has 0 spiro atoms. The molecule has 4 nitrogen and oxygen atoms in total. The van der Waals surface area contributed by atoms with Crippen LogP contribution in [0.1, 0.15) is 5.56 Å². The summed E-state index contributed by atoms with van der Waals surface area (Å²) in [5.74, 6) is 0. The zero-order chi connectivity index (χ0) is 8.27. The van der Waals surface area contributed by atoms with E-state index in [0.717, 1.165) is 0 Å². The molecule has 1 aromatic carbocycles. The average Bonchev–Trinajstić information content (AvgIpc) is 2.04. The molecule has 0 heterocycles. The summed E-state index contributed by atoms with van der Waals surface area (Å²) in [5, 5.41) is 10.3. The molecule has 66 valence electrons. The van der Waals surface area contributed by atoms with Gasteiger partial charge in [0.05, 0.1) is 4.92 Å². The second kappa shape index (κ2) is 4.84. The highest BCUT2D eigenvalue weighted by atomic mass is 79.9. The number of hydrogen-bond donors (Lipinski definition) is 1. The topological polar surface area (TPSA) is 69.2 Å². The maximum Gasteiger partial charge on any atom is 0.273 e. The highest BCUT2D eigenvalue weighted by Crippen LogP contribution is 2.15. The summed E-state index contributed by atoms with van der Waals surface area (Å²) in [6.45, 7) is 0.206. The van der Waals surface area contributed by atoms with Crippen molar-refractivity contribution in [2.24, 2.45) is 5.73 Å². The molecule has 12 heavy (non-hydrogen) atoms. The van der Waals surface area contributed by atoms with Gasteiger partial charge < -0.3 is 5.73 Å². The van der Waals surface area contributed by atoms with Crippen molar-refractivity contribution < 1.29 is 4.92 Å². The summed E-state index contributed by atoms with van der Waals surface area (Å²) in [7, 11) is 0. The van der Waals surface area contributed by atoms with Crippen molar-refractivity contribution >= 4 is 22.7 Å². The number of para-hydroxylation sites is 1. The molecule has 0 aromatic heterocycles. The molecule has 0 bridgehead atoms. The second-order valence-corrected chi connectivity index (χ2v) is 2.09. The first-order valence-electron chi connectivity index (χ1n) is 3.18. The van der Waals surface area contributed by atoms with Gasteiger partial charge in [-0.3, -0.25) is 10.1 Å². The van der Waals surface area contributed by atoms with Crippen LogP contribution in [0.15, 0.2) is 24.3 Å². The third-order valence-electron chi connectivity index (χ3n) is 1.41. The first-order valence-corrected chi connectivity index (χ1v) is 3.18. The van der Waals surface area contributed by atoms with Gasteiger partial charge in [-0.05, 0) is 0 Å². The lowest BCUT2D eigenvalue weighted by Gasteiger charge is -1.96. The maximum atomic E-state index is 10.3. The predicted octanol–water partition coefficient (Wildman–Crippen LogP) is 1.63. The number of nitrogens with zero attached hydrogens (tertiary/aromatic N) is 1. The molecule has 1 aromatic rings. The van der Waals surface area contributed by atoms with E-state index in [2.05, 4.69) is 0 Å². The van der Waals surface area contributed by atoms with E-state index in [1.165, 1.54) is 6.07 Å². The van der Waals surface area contributed by atoms with Crippen molar-refractivity contribution in [2.45, 2.75) is 6.54 Å². The Labute approximate surface area is 80.3 Å². The van der Waals surface area contributed by atoms with Gasteiger partial charge in [0.15, 0.2) is 0 Å². The van der Waals surface area contributed by atoms with Crippen LogP contribution in [-0.4, -0.2) is 4.92 Å². The van der Waals surface area contributed by atoms with Crippen LogP contribution >= 0.6 is 17.0 Å². The lowest BCUT2D eigenvalue weighted by Crippen LogP contribution is -2.00. The van der Waals surface area contributed by atoms with Crippen LogP contribution in [0.5, 0.6) is 0 Å². The van der Waals surface area contributed by atoms with Gasteiger partial charge in [0.2, 0.25) is 0 Å². The van der Waals surface area contributed by atoms with Crippen LogP contribution < -0.4 is 5.73 Å². The number of hydrogen-bond acceptors (Lipinski definition) is 3. The van der Waals surface area contributed by atoms with Crippen molar-refractivity contribution in [3.8, 4) is 0 Å². The smallest absolute Gasteiger partial charge is 0.273 e. The zero-order valence-electron chi connectivity index (χ0n) is 6.27. The number of nitro benzene ring substituents is 1. The first kappa shape index (κ1) is 11.1. The van der Waals surface area contributed by atoms with E-state index in [4.69, 9.17) is 5.73 Å². The zero-order valence-corrected chi connectivity index (χ0v) is 7.98. The highest BCUT2D eigenvalue weighted by molar-refractivity contribution is 8.93. The summed E-state index contributed by atoms with van der Waals surface area (Å²) in [5.41, 5.74) is 5.94. The Hall–Kier alpha value is -0.940. The van der Waals surface area contributed by atoms with E-state index in [-0.39, 0.29) is 29.2 Å². The fourth-order valence-electron chi connectivity index (χ4n) is 0.862. The Morgan fingerprint density at radius 2 is 2.00 bits per heavy atom. The van der Waals surface area contributed by atoms with Gasteiger partial charge in [0, 0.05) is 18.2 Å². The molecule has 0 amide bonds. The van der Waals surface area contributed by atoms with Crippen LogP contribution in [0.3, 0.4) is 0 Å². The van der Waals surface area contributed by atoms with Gasteiger partial charge in [-0.25, -0.2) is 0 Å². The minimum absolute atomic E-state index is 0. The van der Waals surface area contributed by atoms with E-state index in [1.54, 1.807) is 18.2 Å². The van der Waals surface area contributed by atoms with E-state index in [1.807, 2.05) is 0 Å². The quantitative estimate of drug-likeness (QED) is 0.623. The normalized spacial score (nSPS) is 8.75. The number of nitro groups is 1. The standard InChI is InChI=1S/C7H8N2O2.BrH/c8-5-6-3-1-2-4-7(6)9(10)11;/h1-4H,5,8H2;1H. The van der Waals surface area contributed by atoms with E-state index in [0.29, 0.717) is 5.56 Å². The van der Waals surface area contributed by atoms with Gasteiger partial charge in [-0.1, -0.05) is 18.2 Å². The summed E-state index contributed by atoms with van der Waals surface area (Å²) in [6, 6.07) is 6.45. The van der Waals surface area contributed by atoms with E-state index in [9.17, 15) is 10.1 Å². The lowest BCUT2D eigenvalue weighted by atomic mass is 10.2. The van der Waals surface area contributed by atoms with E-state index < -0.39 is 4.92 Å². The average molecular weight is 233 g/mol. The van der Waals surface area contributed by atoms with Crippen molar-refractivity contribution in [2.75, 3.05) is 0 Å². The third-order valence-corrected chi connectivity index (χ3v) is 1.41. The molecule has 0 atom stereocenters. The van der Waals surface area contributed by atoms with Crippen molar-refractivity contribution in [3.63, 3.8) is 0 Å². The molecular formula is C7H9BrN2O2. The second-order valence-electron chi connectivity index (χ2n) is 2.09. The molecule has 0 aliphatic heterocycles. The Balaban J connectivity index is 0.00000121. The Kier molecular flexibility index (Phi) is 4.46. The lowest BCUT2D eigenvalue weighted by molar-refractivity contribution is -0.385. The molecule has 2 N–H and O–H groups in total. The van der Waals surface area contributed by atoms with Crippen molar-refractivity contribution in [1.29, 1.82) is 0 Å². The fourth-order valence-corrected chi connectivity index (χ4v) is 0.862. The van der Waals surface area contributed by atoms with Crippen LogP contribution in [0.2, 0.25) is 0 Å². The molecule has 0 aliphatic rings. The SMILES string of the molecule is Br.NCc1ccccc1[N+](=O)[O-]. The van der Waals surface area contributed by atoms with Gasteiger partial charge in [-0.15, -0.1) is 17.0 Å². The summed E-state index contributed by atoms with van der Waals surface area (Å²) >= 11 is 0. The van der Waals surface area contributed by atoms with Crippen LogP contribution in [0.25, 0.3) is 0 Å². The fraction of sp³-hybridized carbons (Fsp3) is 0.143. The summed E-state index contributed by atoms with van der Waals surface area (Å²) in [4.78, 5) is 9.90. The van der Waals surface area contributed by atoms with Gasteiger partial charge in [-0.2, -0.15) is 0 Å². The number of benzene rings is 1. The van der Waals surface area contributed by atoms with Gasteiger partial charge in [0.1, 0.15) is 0 Å². The van der Waals surface area contributed by atoms with Crippen molar-refractivity contribution in [1.82, 2.24) is 0 Å². The Morgan fingerprint density at radius 1 is 1.42 bits per heavy atom. The third kappa shape index (κ3) is 2.28. The Bertz CT molecular complexity index is 278. The van der Waals surface area contributed by atoms with Gasteiger partial charge >= 0.3 is 0 Å². The summed E-state index contributed by atoms with van der Waals surface area (Å²) in [6.07, 6.45) is 0. The molecule has 0 saturated carbocycles. The monoisotopic (exact) mass is 232 g/mol. The Morgan fingerprint density at radius 3 is 2.42 bits per heavy atom.